The summed E-state index contributed by atoms with van der Waals surface area (Å²) in [5.41, 5.74) is 3.84. The molecule has 0 aliphatic carbocycles. The molecule has 0 radical (unpaired) electrons. The summed E-state index contributed by atoms with van der Waals surface area (Å²) in [6.45, 7) is 12.7. The fourth-order valence-electron chi connectivity index (χ4n) is 2.12. The second-order valence-corrected chi connectivity index (χ2v) is 4.86. The molecule has 17 heavy (non-hydrogen) atoms. The summed E-state index contributed by atoms with van der Waals surface area (Å²) in [5.74, 6) is 0.692. The molecule has 1 atom stereocenters. The molecule has 1 fully saturated rings. The standard InChI is InChI=1S/C16H25N/c1-5-6-8-15(13(2)3)11-14(4)16-9-7-10-17-12-16/h5-6,8,11,16-17H,2,7,9-10,12H2,1,3-4H3/b6-5-,14-11+,15-8-. The molecule has 0 spiro atoms. The van der Waals surface area contributed by atoms with Crippen LogP contribution in [0, 0.1) is 5.92 Å². The van der Waals surface area contributed by atoms with Gasteiger partial charge in [-0.25, -0.2) is 0 Å². The van der Waals surface area contributed by atoms with Gasteiger partial charge in [-0.05, 0) is 51.6 Å². The first kappa shape index (κ1) is 14.0. The zero-order valence-electron chi connectivity index (χ0n) is 11.4. The lowest BCUT2D eigenvalue weighted by molar-refractivity contribution is 0.422. The first-order valence-corrected chi connectivity index (χ1v) is 6.53. The van der Waals surface area contributed by atoms with Crippen LogP contribution in [0.3, 0.4) is 0 Å². The van der Waals surface area contributed by atoms with Crippen molar-refractivity contribution >= 4 is 0 Å². The van der Waals surface area contributed by atoms with Crippen molar-refractivity contribution in [3.8, 4) is 0 Å². The number of hydrogen-bond donors (Lipinski definition) is 1. The van der Waals surface area contributed by atoms with Crippen LogP contribution in [0.25, 0.3) is 0 Å². The Morgan fingerprint density at radius 3 is 2.65 bits per heavy atom. The Morgan fingerprint density at radius 1 is 1.35 bits per heavy atom. The van der Waals surface area contributed by atoms with Gasteiger partial charge in [0, 0.05) is 6.54 Å². The van der Waals surface area contributed by atoms with Crippen LogP contribution >= 0.6 is 0 Å². The molecule has 1 aliphatic rings. The zero-order valence-corrected chi connectivity index (χ0v) is 11.4. The van der Waals surface area contributed by atoms with Crippen molar-refractivity contribution in [2.75, 3.05) is 13.1 Å². The van der Waals surface area contributed by atoms with E-state index in [-0.39, 0.29) is 0 Å². The van der Waals surface area contributed by atoms with E-state index in [1.807, 2.05) is 13.0 Å². The third-order valence-corrected chi connectivity index (χ3v) is 3.29. The molecule has 94 valence electrons. The number of allylic oxidation sites excluding steroid dienone is 6. The van der Waals surface area contributed by atoms with Gasteiger partial charge in [-0.15, -0.1) is 0 Å². The summed E-state index contributed by atoms with van der Waals surface area (Å²) in [5, 5.41) is 3.46. The van der Waals surface area contributed by atoms with Crippen LogP contribution in [0.2, 0.25) is 0 Å². The molecule has 0 aromatic carbocycles. The average molecular weight is 231 g/mol. The van der Waals surface area contributed by atoms with Gasteiger partial charge in [0.1, 0.15) is 0 Å². The molecule has 0 aromatic rings. The van der Waals surface area contributed by atoms with E-state index in [0.29, 0.717) is 5.92 Å². The smallest absolute Gasteiger partial charge is 0.00169 e. The fourth-order valence-corrected chi connectivity index (χ4v) is 2.12. The van der Waals surface area contributed by atoms with E-state index < -0.39 is 0 Å². The van der Waals surface area contributed by atoms with Crippen LogP contribution < -0.4 is 5.32 Å². The Balaban J connectivity index is 2.78. The normalized spacial score (nSPS) is 23.1. The minimum Gasteiger partial charge on any atom is -0.316 e. The minimum absolute atomic E-state index is 0.692. The maximum Gasteiger partial charge on any atom is 0.00169 e. The molecule has 0 aromatic heterocycles. The average Bonchev–Trinajstić information content (AvgIpc) is 2.35. The van der Waals surface area contributed by atoms with E-state index in [9.17, 15) is 0 Å². The lowest BCUT2D eigenvalue weighted by atomic mass is 9.90. The van der Waals surface area contributed by atoms with Crippen LogP contribution in [0.15, 0.2) is 47.6 Å². The minimum atomic E-state index is 0.692. The van der Waals surface area contributed by atoms with Crippen molar-refractivity contribution in [2.45, 2.75) is 33.6 Å². The van der Waals surface area contributed by atoms with Gasteiger partial charge in [-0.2, -0.15) is 0 Å². The Hall–Kier alpha value is -1.08. The SMILES string of the molecule is C=C(C)C(=C\C=C/C)/C=C(\C)C1CCCNC1. The van der Waals surface area contributed by atoms with Gasteiger partial charge in [-0.1, -0.05) is 42.0 Å². The van der Waals surface area contributed by atoms with Gasteiger partial charge in [-0.3, -0.25) is 0 Å². The van der Waals surface area contributed by atoms with Crippen molar-refractivity contribution in [3.05, 3.63) is 47.6 Å². The molecule has 1 nitrogen and oxygen atoms in total. The topological polar surface area (TPSA) is 12.0 Å². The summed E-state index contributed by atoms with van der Waals surface area (Å²) in [6, 6.07) is 0. The summed E-state index contributed by atoms with van der Waals surface area (Å²) in [4.78, 5) is 0. The molecule has 1 N–H and O–H groups in total. The summed E-state index contributed by atoms with van der Waals surface area (Å²) in [6.07, 6.45) is 11.2. The van der Waals surface area contributed by atoms with E-state index >= 15 is 0 Å². The number of hydrogen-bond acceptors (Lipinski definition) is 1. The quantitative estimate of drug-likeness (QED) is 0.721. The maximum atomic E-state index is 4.04. The molecular formula is C16H25N. The number of piperidine rings is 1. The van der Waals surface area contributed by atoms with Crippen LogP contribution in [-0.4, -0.2) is 13.1 Å². The Morgan fingerprint density at radius 2 is 2.12 bits per heavy atom. The van der Waals surface area contributed by atoms with Crippen LogP contribution in [0.5, 0.6) is 0 Å². The lowest BCUT2D eigenvalue weighted by Crippen LogP contribution is -2.30. The second kappa shape index (κ2) is 7.29. The largest absolute Gasteiger partial charge is 0.316 e. The first-order valence-electron chi connectivity index (χ1n) is 6.53. The molecule has 0 bridgehead atoms. The highest BCUT2D eigenvalue weighted by atomic mass is 14.9. The summed E-state index contributed by atoms with van der Waals surface area (Å²) >= 11 is 0. The van der Waals surface area contributed by atoms with Crippen molar-refractivity contribution < 1.29 is 0 Å². The van der Waals surface area contributed by atoms with E-state index in [2.05, 4.69) is 44.0 Å². The summed E-state index contributed by atoms with van der Waals surface area (Å²) < 4.78 is 0. The fraction of sp³-hybridized carbons (Fsp3) is 0.500. The Kier molecular flexibility index (Phi) is 5.99. The Bertz CT molecular complexity index is 339. The number of rotatable bonds is 4. The number of nitrogens with one attached hydrogen (secondary N) is 1. The van der Waals surface area contributed by atoms with Gasteiger partial charge in [0.25, 0.3) is 0 Å². The van der Waals surface area contributed by atoms with E-state index in [0.717, 1.165) is 12.1 Å². The molecule has 1 unspecified atom stereocenters. The third-order valence-electron chi connectivity index (χ3n) is 3.29. The zero-order chi connectivity index (χ0) is 12.7. The van der Waals surface area contributed by atoms with E-state index in [1.165, 1.54) is 30.5 Å². The monoisotopic (exact) mass is 231 g/mol. The highest BCUT2D eigenvalue weighted by Crippen LogP contribution is 2.22. The van der Waals surface area contributed by atoms with Crippen molar-refractivity contribution in [1.82, 2.24) is 5.32 Å². The van der Waals surface area contributed by atoms with Crippen LogP contribution in [0.1, 0.15) is 33.6 Å². The van der Waals surface area contributed by atoms with Gasteiger partial charge < -0.3 is 5.32 Å². The van der Waals surface area contributed by atoms with Gasteiger partial charge in [0.15, 0.2) is 0 Å². The van der Waals surface area contributed by atoms with Gasteiger partial charge in [0.05, 0.1) is 0 Å². The van der Waals surface area contributed by atoms with Crippen molar-refractivity contribution in [3.63, 3.8) is 0 Å². The van der Waals surface area contributed by atoms with Crippen LogP contribution in [0.4, 0.5) is 0 Å². The molecule has 1 heterocycles. The van der Waals surface area contributed by atoms with Crippen molar-refractivity contribution in [2.24, 2.45) is 5.92 Å². The summed E-state index contributed by atoms with van der Waals surface area (Å²) in [7, 11) is 0. The predicted octanol–water partition coefficient (Wildman–Crippen LogP) is 4.01. The first-order chi connectivity index (χ1) is 8.15. The van der Waals surface area contributed by atoms with Gasteiger partial charge >= 0.3 is 0 Å². The lowest BCUT2D eigenvalue weighted by Gasteiger charge is -2.23. The molecule has 0 saturated carbocycles. The van der Waals surface area contributed by atoms with Gasteiger partial charge in [0.2, 0.25) is 0 Å². The molecule has 1 rings (SSSR count). The highest BCUT2D eigenvalue weighted by molar-refractivity contribution is 5.41. The van der Waals surface area contributed by atoms with Crippen molar-refractivity contribution in [1.29, 1.82) is 0 Å². The molecule has 1 saturated heterocycles. The predicted molar refractivity (Wildman–Crippen MR) is 77.1 cm³/mol. The molecular weight excluding hydrogens is 206 g/mol. The van der Waals surface area contributed by atoms with Crippen LogP contribution in [-0.2, 0) is 0 Å². The molecule has 0 amide bonds. The van der Waals surface area contributed by atoms with E-state index in [4.69, 9.17) is 0 Å². The third kappa shape index (κ3) is 4.74. The molecule has 1 aliphatic heterocycles. The maximum absolute atomic E-state index is 4.04. The Labute approximate surface area is 106 Å². The molecule has 1 heteroatoms. The second-order valence-electron chi connectivity index (χ2n) is 4.86. The highest BCUT2D eigenvalue weighted by Gasteiger charge is 2.14. The van der Waals surface area contributed by atoms with E-state index in [1.54, 1.807) is 0 Å².